The SMILES string of the molecule is C=Cc1c(OC(F)(F)F)cccc1C(C)CO. The van der Waals surface area contributed by atoms with Crippen molar-refractivity contribution < 1.29 is 23.0 Å². The molecular weight excluding hydrogens is 233 g/mol. The van der Waals surface area contributed by atoms with Gasteiger partial charge in [0.1, 0.15) is 5.75 Å². The maximum absolute atomic E-state index is 12.2. The van der Waals surface area contributed by atoms with Crippen LogP contribution in [-0.4, -0.2) is 18.1 Å². The molecule has 1 unspecified atom stereocenters. The van der Waals surface area contributed by atoms with Gasteiger partial charge in [0.05, 0.1) is 0 Å². The molecule has 17 heavy (non-hydrogen) atoms. The second-order valence-electron chi connectivity index (χ2n) is 3.59. The zero-order valence-corrected chi connectivity index (χ0v) is 9.29. The maximum Gasteiger partial charge on any atom is 0.573 e. The molecular formula is C12H13F3O2. The first-order chi connectivity index (χ1) is 7.89. The number of rotatable bonds is 4. The van der Waals surface area contributed by atoms with E-state index >= 15 is 0 Å². The van der Waals surface area contributed by atoms with Crippen molar-refractivity contribution in [3.63, 3.8) is 0 Å². The van der Waals surface area contributed by atoms with Gasteiger partial charge in [-0.1, -0.05) is 31.7 Å². The Labute approximate surface area is 97.3 Å². The highest BCUT2D eigenvalue weighted by molar-refractivity contribution is 5.60. The summed E-state index contributed by atoms with van der Waals surface area (Å²) >= 11 is 0. The molecule has 0 aliphatic carbocycles. The van der Waals surface area contributed by atoms with E-state index in [0.717, 1.165) is 0 Å². The van der Waals surface area contributed by atoms with Crippen molar-refractivity contribution in [2.75, 3.05) is 6.61 Å². The van der Waals surface area contributed by atoms with Gasteiger partial charge >= 0.3 is 6.36 Å². The molecule has 1 atom stereocenters. The van der Waals surface area contributed by atoms with Gasteiger partial charge in [-0.25, -0.2) is 0 Å². The Hall–Kier alpha value is -1.49. The lowest BCUT2D eigenvalue weighted by atomic mass is 9.95. The Bertz CT molecular complexity index is 399. The summed E-state index contributed by atoms with van der Waals surface area (Å²) in [5, 5.41) is 9.03. The van der Waals surface area contributed by atoms with Gasteiger partial charge in [-0.2, -0.15) is 0 Å². The van der Waals surface area contributed by atoms with Gasteiger partial charge in [0, 0.05) is 18.1 Å². The van der Waals surface area contributed by atoms with Crippen LogP contribution in [0.1, 0.15) is 24.0 Å². The summed E-state index contributed by atoms with van der Waals surface area (Å²) in [5.74, 6) is -0.579. The van der Waals surface area contributed by atoms with Gasteiger partial charge in [0.15, 0.2) is 0 Å². The van der Waals surface area contributed by atoms with E-state index in [4.69, 9.17) is 5.11 Å². The van der Waals surface area contributed by atoms with Crippen LogP contribution in [0.3, 0.4) is 0 Å². The van der Waals surface area contributed by atoms with Crippen molar-refractivity contribution in [3.8, 4) is 5.75 Å². The van der Waals surface area contributed by atoms with E-state index in [1.807, 2.05) is 0 Å². The van der Waals surface area contributed by atoms with E-state index in [9.17, 15) is 13.2 Å². The third-order valence-corrected chi connectivity index (χ3v) is 2.33. The Morgan fingerprint density at radius 1 is 1.47 bits per heavy atom. The zero-order chi connectivity index (χ0) is 13.1. The highest BCUT2D eigenvalue weighted by atomic mass is 19.4. The van der Waals surface area contributed by atoms with Crippen molar-refractivity contribution >= 4 is 6.08 Å². The average Bonchev–Trinajstić information content (AvgIpc) is 2.25. The topological polar surface area (TPSA) is 29.5 Å². The Kier molecular flexibility index (Phi) is 4.17. The van der Waals surface area contributed by atoms with Crippen LogP contribution >= 0.6 is 0 Å². The molecule has 1 aromatic rings. The normalized spacial score (nSPS) is 13.2. The first-order valence-electron chi connectivity index (χ1n) is 5.01. The van der Waals surface area contributed by atoms with Crippen LogP contribution in [-0.2, 0) is 0 Å². The van der Waals surface area contributed by atoms with E-state index in [-0.39, 0.29) is 23.8 Å². The third-order valence-electron chi connectivity index (χ3n) is 2.33. The highest BCUT2D eigenvalue weighted by Crippen LogP contribution is 2.32. The predicted octanol–water partition coefficient (Wildman–Crippen LogP) is 3.32. The van der Waals surface area contributed by atoms with E-state index in [1.54, 1.807) is 13.0 Å². The van der Waals surface area contributed by atoms with Crippen molar-refractivity contribution in [1.29, 1.82) is 0 Å². The summed E-state index contributed by atoms with van der Waals surface area (Å²) in [6.07, 6.45) is -3.44. The molecule has 0 saturated heterocycles. The van der Waals surface area contributed by atoms with Crippen LogP contribution in [0.5, 0.6) is 5.75 Å². The minimum Gasteiger partial charge on any atom is -0.405 e. The molecule has 0 radical (unpaired) electrons. The Morgan fingerprint density at radius 3 is 2.59 bits per heavy atom. The molecule has 94 valence electrons. The van der Waals surface area contributed by atoms with Gasteiger partial charge in [-0.3, -0.25) is 0 Å². The summed E-state index contributed by atoms with van der Waals surface area (Å²) in [6.45, 7) is 5.02. The second kappa shape index (κ2) is 5.23. The van der Waals surface area contributed by atoms with E-state index in [0.29, 0.717) is 5.56 Å². The van der Waals surface area contributed by atoms with Crippen molar-refractivity contribution in [2.45, 2.75) is 19.2 Å². The highest BCUT2D eigenvalue weighted by Gasteiger charge is 2.32. The average molecular weight is 246 g/mol. The van der Waals surface area contributed by atoms with Gasteiger partial charge < -0.3 is 9.84 Å². The summed E-state index contributed by atoms with van der Waals surface area (Å²) in [4.78, 5) is 0. The van der Waals surface area contributed by atoms with Crippen molar-refractivity contribution in [1.82, 2.24) is 0 Å². The van der Waals surface area contributed by atoms with Gasteiger partial charge in [-0.15, -0.1) is 13.2 Å². The molecule has 0 aromatic heterocycles. The van der Waals surface area contributed by atoms with Crippen LogP contribution in [0.15, 0.2) is 24.8 Å². The van der Waals surface area contributed by atoms with E-state index < -0.39 is 6.36 Å². The lowest BCUT2D eigenvalue weighted by molar-refractivity contribution is -0.274. The minimum absolute atomic E-state index is 0.156. The van der Waals surface area contributed by atoms with E-state index in [2.05, 4.69) is 11.3 Å². The lowest BCUT2D eigenvalue weighted by Gasteiger charge is -2.17. The summed E-state index contributed by atoms with van der Waals surface area (Å²) < 4.78 is 40.4. The number of aliphatic hydroxyl groups excluding tert-OH is 1. The lowest BCUT2D eigenvalue weighted by Crippen LogP contribution is -2.18. The van der Waals surface area contributed by atoms with Crippen LogP contribution in [0.4, 0.5) is 13.2 Å². The zero-order valence-electron chi connectivity index (χ0n) is 9.29. The largest absolute Gasteiger partial charge is 0.573 e. The first kappa shape index (κ1) is 13.6. The molecule has 0 saturated carbocycles. The number of hydrogen-bond acceptors (Lipinski definition) is 2. The number of ether oxygens (including phenoxy) is 1. The van der Waals surface area contributed by atoms with Crippen LogP contribution in [0.25, 0.3) is 6.08 Å². The number of aliphatic hydroxyl groups is 1. The third kappa shape index (κ3) is 3.49. The quantitative estimate of drug-likeness (QED) is 0.883. The fraction of sp³-hybridized carbons (Fsp3) is 0.333. The summed E-state index contributed by atoms with van der Waals surface area (Å²) in [7, 11) is 0. The minimum atomic E-state index is -4.74. The molecule has 0 fully saturated rings. The van der Waals surface area contributed by atoms with Crippen molar-refractivity contribution in [3.05, 3.63) is 35.9 Å². The molecule has 2 nitrogen and oxygen atoms in total. The number of hydrogen-bond donors (Lipinski definition) is 1. The molecule has 0 amide bonds. The van der Waals surface area contributed by atoms with Crippen molar-refractivity contribution in [2.24, 2.45) is 0 Å². The monoisotopic (exact) mass is 246 g/mol. The standard InChI is InChI=1S/C12H13F3O2/c1-3-9-10(8(2)7-16)5-4-6-11(9)17-12(13,14)15/h3-6,8,16H,1,7H2,2H3. The Balaban J connectivity index is 3.19. The molecule has 1 N–H and O–H groups in total. The maximum atomic E-state index is 12.2. The van der Waals surface area contributed by atoms with Gasteiger partial charge in [-0.05, 0) is 11.6 Å². The first-order valence-corrected chi connectivity index (χ1v) is 5.01. The fourth-order valence-electron chi connectivity index (χ4n) is 1.52. The summed E-state index contributed by atoms with van der Waals surface area (Å²) in [5.41, 5.74) is 0.829. The predicted molar refractivity (Wildman–Crippen MR) is 58.7 cm³/mol. The van der Waals surface area contributed by atoms with Crippen LogP contribution in [0.2, 0.25) is 0 Å². The number of halogens is 3. The Morgan fingerprint density at radius 2 is 2.12 bits per heavy atom. The molecule has 0 bridgehead atoms. The summed E-state index contributed by atoms with van der Waals surface area (Å²) in [6, 6.07) is 4.31. The number of alkyl halides is 3. The smallest absolute Gasteiger partial charge is 0.405 e. The molecule has 0 spiro atoms. The van der Waals surface area contributed by atoms with E-state index in [1.165, 1.54) is 18.2 Å². The van der Waals surface area contributed by atoms with Crippen LogP contribution < -0.4 is 4.74 Å². The molecule has 1 aromatic carbocycles. The molecule has 0 aliphatic rings. The van der Waals surface area contributed by atoms with Gasteiger partial charge in [0.25, 0.3) is 0 Å². The number of benzene rings is 1. The second-order valence-corrected chi connectivity index (χ2v) is 3.59. The molecule has 5 heteroatoms. The molecule has 0 aliphatic heterocycles. The fourth-order valence-corrected chi connectivity index (χ4v) is 1.52. The van der Waals surface area contributed by atoms with Crippen LogP contribution in [0, 0.1) is 0 Å². The van der Waals surface area contributed by atoms with Gasteiger partial charge in [0.2, 0.25) is 0 Å². The molecule has 1 rings (SSSR count). The molecule has 0 heterocycles.